The van der Waals surface area contributed by atoms with Crippen molar-refractivity contribution in [1.29, 1.82) is 0 Å². The van der Waals surface area contributed by atoms with Crippen LogP contribution in [-0.2, 0) is 9.59 Å². The van der Waals surface area contributed by atoms with Crippen molar-refractivity contribution in [2.45, 2.75) is 19.9 Å². The van der Waals surface area contributed by atoms with E-state index in [9.17, 15) is 14.7 Å². The Kier molecular flexibility index (Phi) is 6.77. The van der Waals surface area contributed by atoms with Gasteiger partial charge in [-0.05, 0) is 38.1 Å². The number of methoxy groups -OCH3 is 2. The maximum Gasteiger partial charge on any atom is 0.301 e. The number of carbonyl (C=O) groups is 2. The summed E-state index contributed by atoms with van der Waals surface area (Å²) in [5, 5.41) is 11.7. The summed E-state index contributed by atoms with van der Waals surface area (Å²) in [5.41, 5.74) is 2.50. The van der Waals surface area contributed by atoms with Crippen LogP contribution in [0.3, 0.4) is 0 Å². The van der Waals surface area contributed by atoms with Crippen LogP contribution in [0.5, 0.6) is 17.2 Å². The zero-order chi connectivity index (χ0) is 27.0. The summed E-state index contributed by atoms with van der Waals surface area (Å²) < 4.78 is 17.6. The second-order valence-corrected chi connectivity index (χ2v) is 9.69. The molecular weight excluding hydrogens is 504 g/mol. The molecule has 8 nitrogen and oxygen atoms in total. The summed E-state index contributed by atoms with van der Waals surface area (Å²) in [6, 6.07) is 16.8. The number of carbonyl (C=O) groups excluding carboxylic acids is 2. The number of para-hydroxylation sites is 1. The molecule has 4 aromatic rings. The Morgan fingerprint density at radius 1 is 1.05 bits per heavy atom. The average molecular weight is 531 g/mol. The molecule has 1 saturated heterocycles. The van der Waals surface area contributed by atoms with Crippen molar-refractivity contribution in [3.8, 4) is 17.2 Å². The molecule has 2 heterocycles. The summed E-state index contributed by atoms with van der Waals surface area (Å²) in [4.78, 5) is 33.1. The second kappa shape index (κ2) is 10.2. The molecule has 0 spiro atoms. The van der Waals surface area contributed by atoms with E-state index in [2.05, 4.69) is 4.98 Å². The predicted molar refractivity (Wildman–Crippen MR) is 146 cm³/mol. The van der Waals surface area contributed by atoms with Crippen molar-refractivity contribution in [1.82, 2.24) is 4.98 Å². The zero-order valence-electron chi connectivity index (χ0n) is 21.3. The lowest BCUT2D eigenvalue weighted by molar-refractivity contribution is -0.132. The Labute approximate surface area is 223 Å². The van der Waals surface area contributed by atoms with Gasteiger partial charge in [0.1, 0.15) is 17.6 Å². The number of ether oxygens (including phenoxy) is 3. The molecule has 194 valence electrons. The first-order valence-corrected chi connectivity index (χ1v) is 12.8. The number of benzene rings is 3. The van der Waals surface area contributed by atoms with Crippen molar-refractivity contribution >= 4 is 44.1 Å². The van der Waals surface area contributed by atoms with Gasteiger partial charge in [0.15, 0.2) is 16.6 Å². The first-order valence-electron chi connectivity index (χ1n) is 12.0. The number of thiazole rings is 1. The number of Topliss-reactive ketones (excluding diaryl/α,β-unsaturated/α-hetero) is 1. The Hall–Kier alpha value is -4.37. The number of hydrogen-bond donors (Lipinski definition) is 1. The van der Waals surface area contributed by atoms with Crippen molar-refractivity contribution < 1.29 is 28.9 Å². The molecule has 9 heteroatoms. The van der Waals surface area contributed by atoms with E-state index in [4.69, 9.17) is 14.2 Å². The minimum atomic E-state index is -1.01. The maximum absolute atomic E-state index is 13.6. The molecule has 1 unspecified atom stereocenters. The summed E-state index contributed by atoms with van der Waals surface area (Å²) in [7, 11) is 2.99. The minimum Gasteiger partial charge on any atom is -0.507 e. The number of aryl methyl sites for hydroxylation is 1. The van der Waals surface area contributed by atoms with E-state index in [-0.39, 0.29) is 11.3 Å². The van der Waals surface area contributed by atoms with E-state index in [0.29, 0.717) is 45.6 Å². The van der Waals surface area contributed by atoms with Crippen LogP contribution in [0.4, 0.5) is 5.13 Å². The molecule has 1 fully saturated rings. The molecular formula is C29H26N2O6S. The summed E-state index contributed by atoms with van der Waals surface area (Å²) in [5.74, 6) is -0.425. The summed E-state index contributed by atoms with van der Waals surface area (Å²) in [6.07, 6.45) is 0. The number of fused-ring (bicyclic) bond motifs is 1. The minimum absolute atomic E-state index is 0.0559. The summed E-state index contributed by atoms with van der Waals surface area (Å²) in [6.45, 7) is 4.34. The molecule has 1 aliphatic rings. The number of nitrogens with zero attached hydrogens (tertiary/aromatic N) is 2. The molecule has 0 bridgehead atoms. The van der Waals surface area contributed by atoms with Crippen molar-refractivity contribution in [3.05, 3.63) is 82.9 Å². The van der Waals surface area contributed by atoms with Crippen LogP contribution in [0, 0.1) is 6.92 Å². The number of anilines is 1. The molecule has 0 aliphatic carbocycles. The predicted octanol–water partition coefficient (Wildman–Crippen LogP) is 5.65. The normalized spacial score (nSPS) is 16.7. The number of ketones is 1. The van der Waals surface area contributed by atoms with Gasteiger partial charge >= 0.3 is 5.91 Å². The van der Waals surface area contributed by atoms with Gasteiger partial charge in [0, 0.05) is 11.1 Å². The Morgan fingerprint density at radius 3 is 2.50 bits per heavy atom. The maximum atomic E-state index is 13.6. The first kappa shape index (κ1) is 25.3. The fourth-order valence-corrected chi connectivity index (χ4v) is 5.59. The molecule has 38 heavy (non-hydrogen) atoms. The quantitative estimate of drug-likeness (QED) is 0.187. The third kappa shape index (κ3) is 4.24. The molecule has 1 N–H and O–H groups in total. The number of aromatic nitrogens is 1. The fourth-order valence-electron chi connectivity index (χ4n) is 4.57. The number of hydrogen-bond acceptors (Lipinski definition) is 8. The van der Waals surface area contributed by atoms with E-state index in [0.717, 1.165) is 10.3 Å². The van der Waals surface area contributed by atoms with E-state index in [1.54, 1.807) is 30.3 Å². The van der Waals surface area contributed by atoms with Gasteiger partial charge in [0.2, 0.25) is 0 Å². The fraction of sp³-hybridized carbons (Fsp3) is 0.207. The lowest BCUT2D eigenvalue weighted by Gasteiger charge is -2.25. The standard InChI is InChI=1S/C29H26N2O6S/c1-5-37-18-13-14-20-22(15-18)38-29(30-20)31-24(19-7-6-8-21(35-3)27(19)36-4)23(26(33)28(31)34)25(32)17-11-9-16(2)10-12-17/h6-15,24,32H,5H2,1-4H3. The van der Waals surface area contributed by atoms with Gasteiger partial charge in [-0.25, -0.2) is 4.98 Å². The summed E-state index contributed by atoms with van der Waals surface area (Å²) >= 11 is 1.26. The SMILES string of the molecule is CCOc1ccc2nc(N3C(=O)C(=O)C(=C(O)c4ccc(C)cc4)C3c3cccc(OC)c3OC)sc2c1. The van der Waals surface area contributed by atoms with Crippen molar-refractivity contribution in [2.24, 2.45) is 0 Å². The largest absolute Gasteiger partial charge is 0.507 e. The van der Waals surface area contributed by atoms with Crippen LogP contribution in [-0.4, -0.2) is 42.6 Å². The molecule has 1 atom stereocenters. The van der Waals surface area contributed by atoms with Gasteiger partial charge in [0.25, 0.3) is 5.78 Å². The molecule has 3 aromatic carbocycles. The topological polar surface area (TPSA) is 98.2 Å². The van der Waals surface area contributed by atoms with Crippen molar-refractivity contribution in [3.63, 3.8) is 0 Å². The van der Waals surface area contributed by atoms with E-state index in [1.165, 1.54) is 30.5 Å². The monoisotopic (exact) mass is 530 g/mol. The Balaban J connectivity index is 1.75. The van der Waals surface area contributed by atoms with E-state index >= 15 is 0 Å². The highest BCUT2D eigenvalue weighted by atomic mass is 32.1. The average Bonchev–Trinajstić information content (AvgIpc) is 3.45. The number of aliphatic hydroxyl groups is 1. The molecule has 1 amide bonds. The first-order chi connectivity index (χ1) is 18.4. The Morgan fingerprint density at radius 2 is 1.82 bits per heavy atom. The highest BCUT2D eigenvalue weighted by Crippen LogP contribution is 2.48. The van der Waals surface area contributed by atoms with Crippen LogP contribution in [0.1, 0.15) is 29.7 Å². The molecule has 0 saturated carbocycles. The number of aliphatic hydroxyl groups excluding tert-OH is 1. The van der Waals surface area contributed by atoms with Gasteiger partial charge in [-0.15, -0.1) is 0 Å². The van der Waals surface area contributed by atoms with Crippen LogP contribution < -0.4 is 19.1 Å². The molecule has 5 rings (SSSR count). The van der Waals surface area contributed by atoms with Crippen LogP contribution in [0.25, 0.3) is 16.0 Å². The highest BCUT2D eigenvalue weighted by molar-refractivity contribution is 7.22. The van der Waals surface area contributed by atoms with Gasteiger partial charge in [-0.1, -0.05) is 53.3 Å². The van der Waals surface area contributed by atoms with E-state index in [1.807, 2.05) is 44.2 Å². The number of rotatable bonds is 7. The molecule has 1 aromatic heterocycles. The lowest BCUT2D eigenvalue weighted by atomic mass is 9.94. The van der Waals surface area contributed by atoms with Crippen molar-refractivity contribution in [2.75, 3.05) is 25.7 Å². The van der Waals surface area contributed by atoms with Gasteiger partial charge in [0.05, 0.1) is 36.6 Å². The van der Waals surface area contributed by atoms with Gasteiger partial charge in [-0.3, -0.25) is 14.5 Å². The van der Waals surface area contributed by atoms with Gasteiger partial charge < -0.3 is 19.3 Å². The second-order valence-electron chi connectivity index (χ2n) is 8.68. The third-order valence-corrected chi connectivity index (χ3v) is 7.38. The van der Waals surface area contributed by atoms with Crippen LogP contribution >= 0.6 is 11.3 Å². The smallest absolute Gasteiger partial charge is 0.301 e. The Bertz CT molecular complexity index is 1570. The number of amides is 1. The van der Waals surface area contributed by atoms with Gasteiger partial charge in [-0.2, -0.15) is 0 Å². The highest BCUT2D eigenvalue weighted by Gasteiger charge is 2.49. The third-order valence-electron chi connectivity index (χ3n) is 6.36. The molecule has 0 radical (unpaired) electrons. The lowest BCUT2D eigenvalue weighted by Crippen LogP contribution is -2.29. The molecule has 1 aliphatic heterocycles. The van der Waals surface area contributed by atoms with E-state index < -0.39 is 17.7 Å². The van der Waals surface area contributed by atoms with Crippen LogP contribution in [0.2, 0.25) is 0 Å². The zero-order valence-corrected chi connectivity index (χ0v) is 22.2. The van der Waals surface area contributed by atoms with Crippen LogP contribution in [0.15, 0.2) is 66.2 Å².